The van der Waals surface area contributed by atoms with Gasteiger partial charge >= 0.3 is 0 Å². The van der Waals surface area contributed by atoms with Gasteiger partial charge in [-0.25, -0.2) is 0 Å². The van der Waals surface area contributed by atoms with Gasteiger partial charge in [-0.1, -0.05) is 20.8 Å². The molecular formula is C28H40O9. The van der Waals surface area contributed by atoms with Gasteiger partial charge in [0.05, 0.1) is 0 Å². The molecule has 4 fully saturated rings. The summed E-state index contributed by atoms with van der Waals surface area (Å²) in [4.78, 5) is 57.2. The zero-order chi connectivity index (χ0) is 26.8. The monoisotopic (exact) mass is 520 g/mol. The van der Waals surface area contributed by atoms with Crippen molar-refractivity contribution in [1.29, 1.82) is 0 Å². The summed E-state index contributed by atoms with van der Waals surface area (Å²) in [5.74, 6) is 0.604. The number of carbonyl (C=O) groups excluding carboxylic acids is 5. The van der Waals surface area contributed by atoms with Crippen LogP contribution in [0.5, 0.6) is 0 Å². The van der Waals surface area contributed by atoms with E-state index in [2.05, 4.69) is 20.8 Å². The number of fused-ring (bicyclic) bond motifs is 5. The Labute approximate surface area is 218 Å². The van der Waals surface area contributed by atoms with Crippen molar-refractivity contribution >= 4 is 32.2 Å². The second-order valence-electron chi connectivity index (χ2n) is 12.1. The molecule has 0 aromatic rings. The van der Waals surface area contributed by atoms with Crippen molar-refractivity contribution < 1.29 is 42.9 Å². The molecule has 9 nitrogen and oxygen atoms in total. The van der Waals surface area contributed by atoms with Gasteiger partial charge in [0, 0.05) is 29.6 Å². The van der Waals surface area contributed by atoms with Crippen LogP contribution in [0.3, 0.4) is 0 Å². The second kappa shape index (κ2) is 11.1. The summed E-state index contributed by atoms with van der Waals surface area (Å²) in [7, 11) is 0. The highest BCUT2D eigenvalue weighted by Crippen LogP contribution is 2.69. The maximum Gasteiger partial charge on any atom is 0.293 e. The minimum Gasteiger partial charge on any atom is -0.464 e. The Kier molecular flexibility index (Phi) is 8.29. The van der Waals surface area contributed by atoms with E-state index in [1.165, 1.54) is 0 Å². The smallest absolute Gasteiger partial charge is 0.293 e. The van der Waals surface area contributed by atoms with Gasteiger partial charge in [0.15, 0.2) is 0 Å². The summed E-state index contributed by atoms with van der Waals surface area (Å²) in [6.45, 7) is 8.47. The van der Waals surface area contributed by atoms with Crippen molar-refractivity contribution in [2.75, 3.05) is 0 Å². The normalized spacial score (nSPS) is 45.1. The summed E-state index contributed by atoms with van der Waals surface area (Å²) in [6.07, 6.45) is 4.66. The van der Waals surface area contributed by atoms with E-state index in [-0.39, 0.29) is 59.2 Å². The van der Waals surface area contributed by atoms with Crippen molar-refractivity contribution in [1.82, 2.24) is 0 Å². The maximum absolute atomic E-state index is 11.8. The highest BCUT2D eigenvalue weighted by molar-refractivity contribution is 5.49. The Balaban J connectivity index is 1.77. The number of rotatable bonds is 12. The molecule has 4 rings (SSSR count). The van der Waals surface area contributed by atoms with Crippen molar-refractivity contribution in [3.05, 3.63) is 0 Å². The van der Waals surface area contributed by atoms with Gasteiger partial charge in [0.1, 0.15) is 30.7 Å². The first-order valence-electron chi connectivity index (χ1n) is 13.6. The number of carbonyl (C=O) groups is 5. The van der Waals surface area contributed by atoms with Crippen LogP contribution in [0.2, 0.25) is 0 Å². The summed E-state index contributed by atoms with van der Waals surface area (Å²) >= 11 is 0. The predicted molar refractivity (Wildman–Crippen MR) is 130 cm³/mol. The van der Waals surface area contributed by atoms with E-state index in [1.807, 2.05) is 0 Å². The molecule has 37 heavy (non-hydrogen) atoms. The molecule has 0 N–H and O–H groups in total. The van der Waals surface area contributed by atoms with Crippen LogP contribution in [0.1, 0.15) is 72.1 Å². The van der Waals surface area contributed by atoms with Crippen molar-refractivity contribution in [2.24, 2.45) is 46.3 Å². The molecule has 0 aromatic heterocycles. The summed E-state index contributed by atoms with van der Waals surface area (Å²) in [5, 5.41) is 0. The summed E-state index contributed by atoms with van der Waals surface area (Å²) in [6, 6.07) is 0. The lowest BCUT2D eigenvalue weighted by Crippen LogP contribution is -2.66. The molecule has 0 heterocycles. The molecule has 0 amide bonds. The lowest BCUT2D eigenvalue weighted by Gasteiger charge is -2.65. The van der Waals surface area contributed by atoms with Crippen LogP contribution >= 0.6 is 0 Å². The molecule has 0 aliphatic heterocycles. The molecule has 0 radical (unpaired) electrons. The Bertz CT molecular complexity index is 863. The van der Waals surface area contributed by atoms with Crippen LogP contribution in [0.15, 0.2) is 0 Å². The fourth-order valence-corrected chi connectivity index (χ4v) is 9.58. The minimum absolute atomic E-state index is 0.00696. The fourth-order valence-electron chi connectivity index (χ4n) is 9.58. The largest absolute Gasteiger partial charge is 0.464 e. The highest BCUT2D eigenvalue weighted by atomic mass is 16.5. The van der Waals surface area contributed by atoms with Crippen LogP contribution in [-0.2, 0) is 42.9 Å². The van der Waals surface area contributed by atoms with Gasteiger partial charge in [-0.05, 0) is 68.1 Å². The molecule has 0 unspecified atom stereocenters. The molecule has 12 atom stereocenters. The van der Waals surface area contributed by atoms with Gasteiger partial charge in [-0.3, -0.25) is 19.2 Å². The van der Waals surface area contributed by atoms with E-state index in [1.54, 1.807) is 0 Å². The quantitative estimate of drug-likeness (QED) is 0.282. The van der Waals surface area contributed by atoms with Crippen LogP contribution < -0.4 is 0 Å². The molecule has 0 spiro atoms. The lowest BCUT2D eigenvalue weighted by molar-refractivity contribution is -0.242. The topological polar surface area (TPSA) is 122 Å². The van der Waals surface area contributed by atoms with Crippen molar-refractivity contribution in [3.8, 4) is 0 Å². The van der Waals surface area contributed by atoms with E-state index in [0.29, 0.717) is 58.0 Å². The molecule has 4 aliphatic carbocycles. The van der Waals surface area contributed by atoms with E-state index >= 15 is 0 Å². The van der Waals surface area contributed by atoms with Crippen LogP contribution in [-0.4, -0.2) is 56.6 Å². The molecular weight excluding hydrogens is 480 g/mol. The van der Waals surface area contributed by atoms with Crippen LogP contribution in [0.25, 0.3) is 0 Å². The third-order valence-electron chi connectivity index (χ3n) is 11.2. The predicted octanol–water partition coefficient (Wildman–Crippen LogP) is 3.26. The Morgan fingerprint density at radius 3 is 2.03 bits per heavy atom. The molecule has 4 aliphatic rings. The summed E-state index contributed by atoms with van der Waals surface area (Å²) < 4.78 is 22.7. The average Bonchev–Trinajstić information content (AvgIpc) is 3.23. The molecule has 0 aromatic carbocycles. The standard InChI is InChI=1S/C28H40O9/c1-17(5-4-8-29)20-6-7-21-26-22(12-25(37-16-33)28(20,21)3)27(2)18(10-23(26)35-14-31)9-19(34-13-30)11-24(27)36-15-32/h8,13-26H,4-7,9-12H2,1-3H3/t17-,18+,19+,20-,21+,22+,23-,24-,25+,26+,27+,28-/m1/s1. The first kappa shape index (κ1) is 27.6. The van der Waals surface area contributed by atoms with Crippen LogP contribution in [0, 0.1) is 46.3 Å². The Morgan fingerprint density at radius 2 is 1.41 bits per heavy atom. The minimum atomic E-state index is -0.483. The third-order valence-corrected chi connectivity index (χ3v) is 11.2. The average molecular weight is 521 g/mol. The summed E-state index contributed by atoms with van der Waals surface area (Å²) in [5.41, 5.74) is -0.805. The zero-order valence-electron chi connectivity index (χ0n) is 22.0. The first-order chi connectivity index (χ1) is 17.8. The van der Waals surface area contributed by atoms with Gasteiger partial charge < -0.3 is 23.7 Å². The van der Waals surface area contributed by atoms with E-state index in [9.17, 15) is 24.0 Å². The van der Waals surface area contributed by atoms with Gasteiger partial charge in [-0.15, -0.1) is 0 Å². The number of hydrogen-bond donors (Lipinski definition) is 0. The highest BCUT2D eigenvalue weighted by Gasteiger charge is 2.69. The second-order valence-corrected chi connectivity index (χ2v) is 12.1. The zero-order valence-corrected chi connectivity index (χ0v) is 22.0. The molecule has 4 saturated carbocycles. The lowest BCUT2D eigenvalue weighted by atomic mass is 9.42. The molecule has 9 heteroatoms. The molecule has 0 bridgehead atoms. The van der Waals surface area contributed by atoms with Crippen molar-refractivity contribution in [3.63, 3.8) is 0 Å². The van der Waals surface area contributed by atoms with Gasteiger partial charge in [0.2, 0.25) is 0 Å². The Morgan fingerprint density at radius 1 is 0.757 bits per heavy atom. The van der Waals surface area contributed by atoms with Gasteiger partial charge in [0.25, 0.3) is 25.9 Å². The van der Waals surface area contributed by atoms with E-state index in [0.717, 1.165) is 25.5 Å². The first-order valence-corrected chi connectivity index (χ1v) is 13.6. The van der Waals surface area contributed by atoms with Crippen molar-refractivity contribution in [2.45, 2.75) is 96.6 Å². The molecule has 0 saturated heterocycles. The number of ether oxygens (including phenoxy) is 4. The Hall–Kier alpha value is -2.45. The fraction of sp³-hybridized carbons (Fsp3) is 0.821. The van der Waals surface area contributed by atoms with Crippen LogP contribution in [0.4, 0.5) is 0 Å². The maximum atomic E-state index is 11.8. The SMILES string of the molecule is C[C@H](CCC=O)[C@H]1CC[C@H]2[C@@H]3[C@H](OC=O)C[C@@H]4C[C@H](OC=O)C[C@@H](OC=O)[C@]4(C)[C@H]3C[C@H](OC=O)[C@]12C. The van der Waals surface area contributed by atoms with E-state index < -0.39 is 11.5 Å². The molecule has 206 valence electrons. The number of hydrogen-bond acceptors (Lipinski definition) is 9. The van der Waals surface area contributed by atoms with E-state index in [4.69, 9.17) is 18.9 Å². The van der Waals surface area contributed by atoms with Gasteiger partial charge in [-0.2, -0.15) is 0 Å². The third kappa shape index (κ3) is 4.46. The number of aldehydes is 1.